The van der Waals surface area contributed by atoms with Gasteiger partial charge in [-0.05, 0) is 37.7 Å². The molecular weight excluding hydrogens is 292 g/mol. The molecule has 0 spiro atoms. The Balaban J connectivity index is 1.57. The van der Waals surface area contributed by atoms with Gasteiger partial charge in [-0.25, -0.2) is 10.0 Å². The van der Waals surface area contributed by atoms with Gasteiger partial charge in [0.25, 0.3) is 0 Å². The van der Waals surface area contributed by atoms with Crippen molar-refractivity contribution in [3.63, 3.8) is 0 Å². The SMILES string of the molecule is CN(O)CC1CCC(C2=C3c4cc[nH]c4N=CN3N(C)N2)CC1. The Labute approximate surface area is 136 Å². The number of aromatic amines is 1. The summed E-state index contributed by atoms with van der Waals surface area (Å²) in [6, 6.07) is 2.10. The number of aromatic nitrogens is 1. The molecule has 23 heavy (non-hydrogen) atoms. The van der Waals surface area contributed by atoms with Crippen LogP contribution in [0.25, 0.3) is 5.70 Å². The number of hydrazine groups is 2. The Kier molecular flexibility index (Phi) is 3.63. The molecule has 0 unspecified atom stereocenters. The molecule has 0 radical (unpaired) electrons. The zero-order chi connectivity index (χ0) is 16.0. The number of fused-ring (bicyclic) bond motifs is 3. The summed E-state index contributed by atoms with van der Waals surface area (Å²) in [6.07, 6.45) is 8.44. The normalized spacial score (nSPS) is 27.4. The van der Waals surface area contributed by atoms with Gasteiger partial charge in [0.15, 0.2) is 0 Å². The highest BCUT2D eigenvalue weighted by atomic mass is 16.5. The molecule has 3 N–H and O–H groups in total. The first kappa shape index (κ1) is 14.7. The molecule has 1 aliphatic carbocycles. The third-order valence-corrected chi connectivity index (χ3v) is 5.14. The van der Waals surface area contributed by atoms with Crippen LogP contribution in [0.3, 0.4) is 0 Å². The van der Waals surface area contributed by atoms with Gasteiger partial charge in [0.1, 0.15) is 12.2 Å². The third-order valence-electron chi connectivity index (χ3n) is 5.14. The van der Waals surface area contributed by atoms with Crippen molar-refractivity contribution in [1.82, 2.24) is 25.6 Å². The lowest BCUT2D eigenvalue weighted by molar-refractivity contribution is -0.0798. The molecule has 3 aliphatic rings. The highest BCUT2D eigenvalue weighted by Gasteiger charge is 2.36. The standard InChI is InChI=1S/C16H24N6O/c1-20(23)9-11-3-5-12(6-4-11)14-15-13-7-8-17-16(13)18-10-22(15)21(2)19-14/h7-8,10-12,17,19,23H,3-6,9H2,1-2H3. The third kappa shape index (κ3) is 2.54. The molecule has 1 saturated carbocycles. The lowest BCUT2D eigenvalue weighted by Crippen LogP contribution is -2.40. The fourth-order valence-electron chi connectivity index (χ4n) is 4.02. The lowest BCUT2D eigenvalue weighted by Gasteiger charge is -2.30. The van der Waals surface area contributed by atoms with E-state index in [1.54, 1.807) is 7.05 Å². The smallest absolute Gasteiger partial charge is 0.141 e. The summed E-state index contributed by atoms with van der Waals surface area (Å²) in [4.78, 5) is 7.67. The number of aliphatic imine (C=N–C) groups is 1. The molecule has 1 aromatic heterocycles. The molecule has 2 aliphatic heterocycles. The van der Waals surface area contributed by atoms with Gasteiger partial charge in [-0.3, -0.25) is 0 Å². The second-order valence-corrected chi connectivity index (χ2v) is 6.78. The molecule has 7 heteroatoms. The first-order valence-electron chi connectivity index (χ1n) is 8.29. The van der Waals surface area contributed by atoms with E-state index in [0.717, 1.165) is 43.6 Å². The van der Waals surface area contributed by atoms with Gasteiger partial charge in [0.05, 0.1) is 11.4 Å². The van der Waals surface area contributed by atoms with E-state index in [9.17, 15) is 5.21 Å². The topological polar surface area (TPSA) is 70.1 Å². The molecule has 0 bridgehead atoms. The van der Waals surface area contributed by atoms with Gasteiger partial charge in [-0.1, -0.05) is 0 Å². The maximum atomic E-state index is 9.44. The Morgan fingerprint density at radius 3 is 2.87 bits per heavy atom. The highest BCUT2D eigenvalue weighted by Crippen LogP contribution is 2.42. The van der Waals surface area contributed by atoms with Crippen LogP contribution in [0.15, 0.2) is 23.0 Å². The molecule has 1 fully saturated rings. The van der Waals surface area contributed by atoms with Crippen LogP contribution in [-0.2, 0) is 0 Å². The summed E-state index contributed by atoms with van der Waals surface area (Å²) >= 11 is 0. The van der Waals surface area contributed by atoms with Crippen molar-refractivity contribution in [2.75, 3.05) is 20.6 Å². The molecule has 0 aromatic carbocycles. The number of nitrogens with zero attached hydrogens (tertiary/aromatic N) is 4. The first-order valence-corrected chi connectivity index (χ1v) is 8.29. The van der Waals surface area contributed by atoms with Crippen LogP contribution >= 0.6 is 0 Å². The second kappa shape index (κ2) is 5.67. The summed E-state index contributed by atoms with van der Waals surface area (Å²) in [5.41, 5.74) is 7.21. The van der Waals surface area contributed by atoms with Crippen LogP contribution in [-0.4, -0.2) is 52.4 Å². The van der Waals surface area contributed by atoms with E-state index in [4.69, 9.17) is 0 Å². The summed E-state index contributed by atoms with van der Waals surface area (Å²) in [5.74, 6) is 2.06. The predicted octanol–water partition coefficient (Wildman–Crippen LogP) is 2.15. The molecule has 0 atom stereocenters. The minimum absolute atomic E-state index is 0.534. The number of allylic oxidation sites excluding steroid dienone is 1. The molecule has 124 valence electrons. The first-order chi connectivity index (χ1) is 11.1. The zero-order valence-corrected chi connectivity index (χ0v) is 13.7. The fourth-order valence-corrected chi connectivity index (χ4v) is 4.02. The number of rotatable bonds is 3. The Hall–Kier alpha value is -1.83. The van der Waals surface area contributed by atoms with Gasteiger partial charge in [-0.15, -0.1) is 5.12 Å². The van der Waals surface area contributed by atoms with E-state index >= 15 is 0 Å². The molecule has 0 amide bonds. The maximum absolute atomic E-state index is 9.44. The van der Waals surface area contributed by atoms with Gasteiger partial charge in [0, 0.05) is 38.3 Å². The molecule has 7 nitrogen and oxygen atoms in total. The van der Waals surface area contributed by atoms with Crippen molar-refractivity contribution < 1.29 is 5.21 Å². The molecule has 0 saturated heterocycles. The Morgan fingerprint density at radius 2 is 2.13 bits per heavy atom. The average Bonchev–Trinajstić information content (AvgIpc) is 3.12. The minimum atomic E-state index is 0.534. The van der Waals surface area contributed by atoms with E-state index in [1.165, 1.54) is 16.5 Å². The summed E-state index contributed by atoms with van der Waals surface area (Å²) in [6.45, 7) is 0.771. The van der Waals surface area contributed by atoms with E-state index in [2.05, 4.69) is 26.5 Å². The second-order valence-electron chi connectivity index (χ2n) is 6.78. The lowest BCUT2D eigenvalue weighted by atomic mass is 9.79. The van der Waals surface area contributed by atoms with Gasteiger partial charge in [-0.2, -0.15) is 5.06 Å². The van der Waals surface area contributed by atoms with E-state index in [0.29, 0.717) is 11.8 Å². The van der Waals surface area contributed by atoms with E-state index < -0.39 is 0 Å². The van der Waals surface area contributed by atoms with Crippen LogP contribution in [0.2, 0.25) is 0 Å². The van der Waals surface area contributed by atoms with Crippen molar-refractivity contribution in [3.8, 4) is 0 Å². The summed E-state index contributed by atoms with van der Waals surface area (Å²) < 4.78 is 0. The fraction of sp³-hybridized carbons (Fsp3) is 0.562. The quantitative estimate of drug-likeness (QED) is 0.746. The average molecular weight is 316 g/mol. The molecular formula is C16H24N6O. The van der Waals surface area contributed by atoms with Gasteiger partial charge < -0.3 is 15.6 Å². The van der Waals surface area contributed by atoms with Gasteiger partial charge >= 0.3 is 0 Å². The number of hydrogen-bond acceptors (Lipinski definition) is 6. The molecule has 4 rings (SSSR count). The Bertz CT molecular complexity index is 641. The maximum Gasteiger partial charge on any atom is 0.141 e. The highest BCUT2D eigenvalue weighted by molar-refractivity contribution is 5.87. The van der Waals surface area contributed by atoms with Crippen LogP contribution in [0.1, 0.15) is 31.2 Å². The number of hydrogen-bond donors (Lipinski definition) is 3. The monoisotopic (exact) mass is 316 g/mol. The van der Waals surface area contributed by atoms with Crippen molar-refractivity contribution in [3.05, 3.63) is 23.5 Å². The number of nitrogens with one attached hydrogen (secondary N) is 2. The van der Waals surface area contributed by atoms with E-state index in [1.807, 2.05) is 24.7 Å². The minimum Gasteiger partial charge on any atom is -0.346 e. The van der Waals surface area contributed by atoms with Crippen molar-refractivity contribution in [2.45, 2.75) is 25.7 Å². The summed E-state index contributed by atoms with van der Waals surface area (Å²) in [5, 5.41) is 14.8. The Morgan fingerprint density at radius 1 is 1.35 bits per heavy atom. The van der Waals surface area contributed by atoms with Gasteiger partial charge in [0.2, 0.25) is 0 Å². The molecule has 1 aromatic rings. The molecule has 3 heterocycles. The zero-order valence-electron chi connectivity index (χ0n) is 13.7. The number of hydroxylamine groups is 2. The number of H-pyrrole nitrogens is 1. The van der Waals surface area contributed by atoms with Crippen LogP contribution in [0.4, 0.5) is 5.82 Å². The van der Waals surface area contributed by atoms with Crippen molar-refractivity contribution in [2.24, 2.45) is 16.8 Å². The van der Waals surface area contributed by atoms with Crippen LogP contribution in [0, 0.1) is 11.8 Å². The predicted molar refractivity (Wildman–Crippen MR) is 88.5 cm³/mol. The summed E-state index contributed by atoms with van der Waals surface area (Å²) in [7, 11) is 3.75. The van der Waals surface area contributed by atoms with Crippen molar-refractivity contribution in [1.29, 1.82) is 0 Å². The van der Waals surface area contributed by atoms with Crippen LogP contribution in [0.5, 0.6) is 0 Å². The van der Waals surface area contributed by atoms with Crippen LogP contribution < -0.4 is 5.43 Å². The van der Waals surface area contributed by atoms with Crippen molar-refractivity contribution >= 4 is 17.9 Å². The largest absolute Gasteiger partial charge is 0.346 e. The van der Waals surface area contributed by atoms with E-state index in [-0.39, 0.29) is 0 Å².